The van der Waals surface area contributed by atoms with Gasteiger partial charge in [0, 0.05) is 23.2 Å². The van der Waals surface area contributed by atoms with Crippen molar-refractivity contribution in [3.63, 3.8) is 0 Å². The van der Waals surface area contributed by atoms with Gasteiger partial charge >= 0.3 is 0 Å². The fraction of sp³-hybridized carbons (Fsp3) is 0.455. The number of aryl methyl sites for hydroxylation is 1. The van der Waals surface area contributed by atoms with E-state index < -0.39 is 0 Å². The minimum atomic E-state index is 1.06. The molecule has 1 aromatic carbocycles. The zero-order chi connectivity index (χ0) is 9.84. The molecule has 1 aromatic rings. The quantitative estimate of drug-likeness (QED) is 0.782. The molecule has 0 radical (unpaired) electrons. The van der Waals surface area contributed by atoms with Gasteiger partial charge < -0.3 is 4.90 Å². The molecule has 0 amide bonds. The summed E-state index contributed by atoms with van der Waals surface area (Å²) in [5, 5.41) is 0. The van der Waals surface area contributed by atoms with Crippen LogP contribution in [0.2, 0.25) is 0 Å². The summed E-state index contributed by atoms with van der Waals surface area (Å²) >= 11 is 3.50. The molecular formula is C11H16BrN. The van der Waals surface area contributed by atoms with Crippen molar-refractivity contribution in [3.05, 3.63) is 28.2 Å². The average molecular weight is 242 g/mol. The summed E-state index contributed by atoms with van der Waals surface area (Å²) < 4.78 is 1.15. The van der Waals surface area contributed by atoms with Crippen molar-refractivity contribution in [3.8, 4) is 0 Å². The number of rotatable bonds is 3. The van der Waals surface area contributed by atoms with Gasteiger partial charge in [-0.3, -0.25) is 0 Å². The molecule has 1 rings (SSSR count). The van der Waals surface area contributed by atoms with Crippen molar-refractivity contribution in [2.75, 3.05) is 18.0 Å². The maximum absolute atomic E-state index is 3.50. The predicted octanol–water partition coefficient (Wildman–Crippen LogP) is 3.60. The van der Waals surface area contributed by atoms with Crippen molar-refractivity contribution >= 4 is 21.6 Å². The van der Waals surface area contributed by atoms with Gasteiger partial charge in [0.15, 0.2) is 0 Å². The lowest BCUT2D eigenvalue weighted by molar-refractivity contribution is 0.861. The zero-order valence-electron chi connectivity index (χ0n) is 8.47. The Morgan fingerprint density at radius 1 is 1.23 bits per heavy atom. The summed E-state index contributed by atoms with van der Waals surface area (Å²) in [7, 11) is 0. The van der Waals surface area contributed by atoms with E-state index in [9.17, 15) is 0 Å². The van der Waals surface area contributed by atoms with Gasteiger partial charge in [0.25, 0.3) is 0 Å². The summed E-state index contributed by atoms with van der Waals surface area (Å²) in [4.78, 5) is 2.36. The first-order chi connectivity index (χ1) is 6.19. The lowest BCUT2D eigenvalue weighted by Gasteiger charge is -2.23. The minimum Gasteiger partial charge on any atom is -0.372 e. The van der Waals surface area contributed by atoms with E-state index >= 15 is 0 Å². The highest BCUT2D eigenvalue weighted by atomic mass is 79.9. The van der Waals surface area contributed by atoms with Crippen molar-refractivity contribution in [1.29, 1.82) is 0 Å². The fourth-order valence-corrected chi connectivity index (χ4v) is 1.84. The molecule has 72 valence electrons. The zero-order valence-corrected chi connectivity index (χ0v) is 10.1. The first kappa shape index (κ1) is 10.6. The molecule has 13 heavy (non-hydrogen) atoms. The van der Waals surface area contributed by atoms with Crippen molar-refractivity contribution < 1.29 is 0 Å². The lowest BCUT2D eigenvalue weighted by atomic mass is 10.2. The third kappa shape index (κ3) is 2.47. The Bertz CT molecular complexity index is 279. The predicted molar refractivity (Wildman–Crippen MR) is 62.4 cm³/mol. The molecule has 1 nitrogen and oxygen atoms in total. The highest BCUT2D eigenvalue weighted by Gasteiger charge is 2.04. The van der Waals surface area contributed by atoms with Crippen molar-refractivity contribution in [1.82, 2.24) is 0 Å². The molecule has 0 heterocycles. The second-order valence-corrected chi connectivity index (χ2v) is 4.02. The molecule has 0 spiro atoms. The van der Waals surface area contributed by atoms with Gasteiger partial charge in [-0.05, 0) is 38.5 Å². The standard InChI is InChI=1S/C11H16BrN/c1-4-13(5-2)11-8-10(12)7-6-9(11)3/h6-8H,4-5H2,1-3H3. The largest absolute Gasteiger partial charge is 0.372 e. The molecule has 0 saturated carbocycles. The Labute approximate surface area is 88.9 Å². The van der Waals surface area contributed by atoms with Crippen LogP contribution in [0.25, 0.3) is 0 Å². The number of benzene rings is 1. The number of halogens is 1. The Kier molecular flexibility index (Phi) is 3.79. The third-order valence-electron chi connectivity index (χ3n) is 2.28. The van der Waals surface area contributed by atoms with E-state index in [1.165, 1.54) is 11.3 Å². The number of nitrogens with zero attached hydrogens (tertiary/aromatic N) is 1. The van der Waals surface area contributed by atoms with Crippen LogP contribution in [-0.4, -0.2) is 13.1 Å². The lowest BCUT2D eigenvalue weighted by Crippen LogP contribution is -2.22. The van der Waals surface area contributed by atoms with Gasteiger partial charge in [0.05, 0.1) is 0 Å². The highest BCUT2D eigenvalue weighted by Crippen LogP contribution is 2.24. The monoisotopic (exact) mass is 241 g/mol. The van der Waals surface area contributed by atoms with Crippen LogP contribution in [0.15, 0.2) is 22.7 Å². The molecule has 0 aliphatic rings. The van der Waals surface area contributed by atoms with Crippen molar-refractivity contribution in [2.24, 2.45) is 0 Å². The second-order valence-electron chi connectivity index (χ2n) is 3.10. The average Bonchev–Trinajstić information content (AvgIpc) is 2.13. The van der Waals surface area contributed by atoms with Crippen LogP contribution in [0.4, 0.5) is 5.69 Å². The Hall–Kier alpha value is -0.500. The minimum absolute atomic E-state index is 1.06. The van der Waals surface area contributed by atoms with E-state index in [0.717, 1.165) is 17.6 Å². The molecule has 0 N–H and O–H groups in total. The molecular weight excluding hydrogens is 226 g/mol. The first-order valence-electron chi connectivity index (χ1n) is 4.70. The molecule has 0 unspecified atom stereocenters. The molecule has 0 saturated heterocycles. The first-order valence-corrected chi connectivity index (χ1v) is 5.49. The van der Waals surface area contributed by atoms with Gasteiger partial charge in [-0.25, -0.2) is 0 Å². The normalized spacial score (nSPS) is 10.2. The van der Waals surface area contributed by atoms with Gasteiger partial charge in [0.2, 0.25) is 0 Å². The van der Waals surface area contributed by atoms with Crippen LogP contribution >= 0.6 is 15.9 Å². The molecule has 0 atom stereocenters. The second kappa shape index (κ2) is 4.66. The van der Waals surface area contributed by atoms with Crippen molar-refractivity contribution in [2.45, 2.75) is 20.8 Å². The van der Waals surface area contributed by atoms with Crippen LogP contribution in [0, 0.1) is 6.92 Å². The highest BCUT2D eigenvalue weighted by molar-refractivity contribution is 9.10. The molecule has 0 aliphatic carbocycles. The van der Waals surface area contributed by atoms with Gasteiger partial charge in [-0.15, -0.1) is 0 Å². The molecule has 0 aromatic heterocycles. The van der Waals surface area contributed by atoms with Gasteiger partial charge in [-0.1, -0.05) is 22.0 Å². The summed E-state index contributed by atoms with van der Waals surface area (Å²) in [5.74, 6) is 0. The van der Waals surface area contributed by atoms with E-state index in [1.54, 1.807) is 0 Å². The van der Waals surface area contributed by atoms with E-state index in [2.05, 4.69) is 59.8 Å². The van der Waals surface area contributed by atoms with E-state index in [1.807, 2.05) is 0 Å². The SMILES string of the molecule is CCN(CC)c1cc(Br)ccc1C. The smallest absolute Gasteiger partial charge is 0.0407 e. The third-order valence-corrected chi connectivity index (χ3v) is 2.77. The summed E-state index contributed by atoms with van der Waals surface area (Å²) in [6.45, 7) is 8.65. The molecule has 0 fully saturated rings. The van der Waals surface area contributed by atoms with Crippen LogP contribution < -0.4 is 4.90 Å². The van der Waals surface area contributed by atoms with Crippen LogP contribution in [0.5, 0.6) is 0 Å². The Morgan fingerprint density at radius 2 is 1.85 bits per heavy atom. The van der Waals surface area contributed by atoms with Crippen LogP contribution in [0.3, 0.4) is 0 Å². The van der Waals surface area contributed by atoms with Gasteiger partial charge in [0.1, 0.15) is 0 Å². The molecule has 0 aliphatic heterocycles. The van der Waals surface area contributed by atoms with E-state index in [0.29, 0.717) is 0 Å². The molecule has 0 bridgehead atoms. The number of anilines is 1. The summed E-state index contributed by atoms with van der Waals surface area (Å²) in [6, 6.07) is 6.42. The van der Waals surface area contributed by atoms with Crippen LogP contribution in [-0.2, 0) is 0 Å². The summed E-state index contributed by atoms with van der Waals surface area (Å²) in [6.07, 6.45) is 0. The Morgan fingerprint density at radius 3 is 2.38 bits per heavy atom. The number of hydrogen-bond acceptors (Lipinski definition) is 1. The fourth-order valence-electron chi connectivity index (χ4n) is 1.49. The maximum atomic E-state index is 3.50. The van der Waals surface area contributed by atoms with Gasteiger partial charge in [-0.2, -0.15) is 0 Å². The Balaban J connectivity index is 3.03. The molecule has 2 heteroatoms. The van der Waals surface area contributed by atoms with E-state index in [4.69, 9.17) is 0 Å². The number of hydrogen-bond donors (Lipinski definition) is 0. The van der Waals surface area contributed by atoms with E-state index in [-0.39, 0.29) is 0 Å². The van der Waals surface area contributed by atoms with Crippen LogP contribution in [0.1, 0.15) is 19.4 Å². The maximum Gasteiger partial charge on any atom is 0.0407 e. The summed E-state index contributed by atoms with van der Waals surface area (Å²) in [5.41, 5.74) is 2.67. The topological polar surface area (TPSA) is 3.24 Å².